The van der Waals surface area contributed by atoms with Crippen molar-refractivity contribution in [1.82, 2.24) is 4.57 Å². The fourth-order valence-electron chi connectivity index (χ4n) is 3.97. The summed E-state index contributed by atoms with van der Waals surface area (Å²) >= 11 is 3.23. The molecule has 2 aromatic carbocycles. The molecule has 2 heterocycles. The Hall–Kier alpha value is -3.04. The van der Waals surface area contributed by atoms with Crippen molar-refractivity contribution in [3.8, 4) is 5.75 Å². The first-order valence-corrected chi connectivity index (χ1v) is 11.1. The Balaban J connectivity index is 1.71. The van der Waals surface area contributed by atoms with E-state index in [0.29, 0.717) is 11.3 Å². The lowest BCUT2D eigenvalue weighted by Crippen LogP contribution is -2.34. The molecular weight excluding hydrogens is 498 g/mol. The Labute approximate surface area is 197 Å². The lowest BCUT2D eigenvalue weighted by Gasteiger charge is -2.23. The van der Waals surface area contributed by atoms with Gasteiger partial charge in [0.25, 0.3) is 5.56 Å². The summed E-state index contributed by atoms with van der Waals surface area (Å²) in [4.78, 5) is 26.0. The normalized spacial score (nSPS) is 13.4. The van der Waals surface area contributed by atoms with Gasteiger partial charge in [0.15, 0.2) is 5.78 Å². The number of nitrogens with one attached hydrogen (secondary N) is 1. The molecule has 0 amide bonds. The summed E-state index contributed by atoms with van der Waals surface area (Å²) in [7, 11) is 0. The zero-order valence-electron chi connectivity index (χ0n) is 17.7. The fraction of sp³-hybridized carbons (Fsp3) is 0.250. The van der Waals surface area contributed by atoms with E-state index >= 15 is 0 Å². The number of nitrogens with zero attached hydrogens (tertiary/aromatic N) is 1. The van der Waals surface area contributed by atoms with E-state index in [2.05, 4.69) is 21.2 Å². The maximum Gasteiger partial charge on any atom is 0.269 e. The van der Waals surface area contributed by atoms with Gasteiger partial charge in [0, 0.05) is 35.6 Å². The van der Waals surface area contributed by atoms with Crippen LogP contribution in [0, 0.1) is 18.6 Å². The number of aromatic nitrogens is 1. The molecule has 0 saturated heterocycles. The minimum atomic E-state index is -1.02. The lowest BCUT2D eigenvalue weighted by molar-refractivity contribution is -0.124. The second-order valence-electron chi connectivity index (χ2n) is 7.78. The number of anilines is 1. The summed E-state index contributed by atoms with van der Waals surface area (Å²) < 4.78 is 34.0. The van der Waals surface area contributed by atoms with Crippen LogP contribution in [0.3, 0.4) is 0 Å². The summed E-state index contributed by atoms with van der Waals surface area (Å²) in [6, 6.07) is 9.18. The van der Waals surface area contributed by atoms with Gasteiger partial charge in [-0.05, 0) is 58.6 Å². The lowest BCUT2D eigenvalue weighted by atomic mass is 9.98. The first-order valence-electron chi connectivity index (χ1n) is 10.3. The highest BCUT2D eigenvalue weighted by Crippen LogP contribution is 2.31. The molecule has 0 spiro atoms. The average Bonchev–Trinajstić information content (AvgIpc) is 3.26. The number of hydrogen-bond acceptors (Lipinski definition) is 5. The van der Waals surface area contributed by atoms with E-state index in [1.54, 1.807) is 19.1 Å². The van der Waals surface area contributed by atoms with Crippen LogP contribution < -0.4 is 15.6 Å². The number of carbonyl (C=O) groups is 1. The minimum Gasteiger partial charge on any atom is -0.487 e. The second-order valence-corrected chi connectivity index (χ2v) is 8.58. The van der Waals surface area contributed by atoms with Gasteiger partial charge in [-0.2, -0.15) is 0 Å². The number of pyridine rings is 1. The molecule has 0 fully saturated rings. The number of aliphatic hydroxyl groups excluding tert-OH is 1. The fourth-order valence-corrected chi connectivity index (χ4v) is 4.39. The van der Waals surface area contributed by atoms with Crippen molar-refractivity contribution in [3.63, 3.8) is 0 Å². The van der Waals surface area contributed by atoms with Crippen LogP contribution in [0.25, 0.3) is 0 Å². The van der Waals surface area contributed by atoms with Crippen molar-refractivity contribution in [1.29, 1.82) is 0 Å². The number of aryl methyl sites for hydroxylation is 1. The minimum absolute atomic E-state index is 0.0502. The van der Waals surface area contributed by atoms with E-state index in [9.17, 15) is 23.5 Å². The smallest absolute Gasteiger partial charge is 0.269 e. The van der Waals surface area contributed by atoms with Gasteiger partial charge in [0.2, 0.25) is 0 Å². The second kappa shape index (κ2) is 9.44. The number of hydrogen-bond donors (Lipinski definition) is 2. The molecule has 1 aliphatic rings. The number of benzene rings is 2. The molecule has 6 nitrogen and oxygen atoms in total. The number of carbonyl (C=O) groups excluding carboxylic acids is 1. The van der Waals surface area contributed by atoms with Gasteiger partial charge in [-0.15, -0.1) is 0 Å². The van der Waals surface area contributed by atoms with Gasteiger partial charge in [-0.1, -0.05) is 12.1 Å². The number of aliphatic hydroxyl groups is 1. The zero-order valence-corrected chi connectivity index (χ0v) is 19.3. The first kappa shape index (κ1) is 23.1. The zero-order chi connectivity index (χ0) is 23.7. The summed E-state index contributed by atoms with van der Waals surface area (Å²) in [6.45, 7) is 1.49. The molecule has 0 bridgehead atoms. The molecule has 1 atom stereocenters. The summed E-state index contributed by atoms with van der Waals surface area (Å²) in [6.07, 6.45) is 0.799. The monoisotopic (exact) mass is 518 g/mol. The topological polar surface area (TPSA) is 80.6 Å². The van der Waals surface area contributed by atoms with E-state index in [-0.39, 0.29) is 22.4 Å². The van der Waals surface area contributed by atoms with E-state index in [0.717, 1.165) is 36.3 Å². The Morgan fingerprint density at radius 2 is 2.03 bits per heavy atom. The molecule has 0 radical (unpaired) electrons. The van der Waals surface area contributed by atoms with E-state index in [1.807, 2.05) is 12.1 Å². The largest absolute Gasteiger partial charge is 0.487 e. The molecule has 33 heavy (non-hydrogen) atoms. The molecule has 0 saturated carbocycles. The quantitative estimate of drug-likeness (QED) is 0.495. The van der Waals surface area contributed by atoms with Crippen molar-refractivity contribution in [2.45, 2.75) is 26.0 Å². The third-order valence-corrected chi connectivity index (χ3v) is 6.34. The van der Waals surface area contributed by atoms with Crippen LogP contribution >= 0.6 is 15.9 Å². The van der Waals surface area contributed by atoms with Gasteiger partial charge in [-0.25, -0.2) is 8.78 Å². The molecule has 1 aromatic heterocycles. The number of fused-ring (bicyclic) bond motifs is 1. The molecule has 3 aromatic rings. The third-order valence-electron chi connectivity index (χ3n) is 5.61. The third kappa shape index (κ3) is 4.56. The van der Waals surface area contributed by atoms with Crippen molar-refractivity contribution >= 4 is 27.4 Å². The molecule has 1 unspecified atom stereocenters. The molecule has 172 valence electrons. The Morgan fingerprint density at radius 1 is 1.24 bits per heavy atom. The maximum atomic E-state index is 13.9. The highest BCUT2D eigenvalue weighted by molar-refractivity contribution is 9.10. The van der Waals surface area contributed by atoms with Crippen LogP contribution in [0.15, 0.2) is 51.7 Å². The van der Waals surface area contributed by atoms with E-state index < -0.39 is 35.6 Å². The van der Waals surface area contributed by atoms with Crippen LogP contribution in [0.1, 0.15) is 28.4 Å². The predicted octanol–water partition coefficient (Wildman–Crippen LogP) is 3.90. The van der Waals surface area contributed by atoms with Crippen LogP contribution in [-0.4, -0.2) is 28.6 Å². The number of halogens is 3. The predicted molar refractivity (Wildman–Crippen MR) is 123 cm³/mol. The number of Topliss-reactive ketones (excluding diaryl/α,β-unsaturated/α-hetero) is 1. The van der Waals surface area contributed by atoms with Crippen molar-refractivity contribution in [2.24, 2.45) is 0 Å². The van der Waals surface area contributed by atoms with Crippen LogP contribution in [0.2, 0.25) is 0 Å². The number of ether oxygens (including phenoxy) is 1. The number of ketones is 1. The van der Waals surface area contributed by atoms with Gasteiger partial charge in [-0.3, -0.25) is 14.2 Å². The molecule has 9 heteroatoms. The van der Waals surface area contributed by atoms with E-state index in [4.69, 9.17) is 4.74 Å². The van der Waals surface area contributed by atoms with Crippen LogP contribution in [0.5, 0.6) is 5.75 Å². The summed E-state index contributed by atoms with van der Waals surface area (Å²) in [5, 5.41) is 12.9. The molecule has 0 aliphatic carbocycles. The Bertz CT molecular complexity index is 1290. The van der Waals surface area contributed by atoms with Crippen molar-refractivity contribution < 1.29 is 23.4 Å². The van der Waals surface area contributed by atoms with Crippen LogP contribution in [-0.2, 0) is 17.8 Å². The summed E-state index contributed by atoms with van der Waals surface area (Å²) in [5.41, 5.74) is 2.63. The molecular formula is C24H21BrF2N2O4. The first-order chi connectivity index (χ1) is 15.8. The molecule has 4 rings (SSSR count). The van der Waals surface area contributed by atoms with Crippen LogP contribution in [0.4, 0.5) is 14.5 Å². The average molecular weight is 519 g/mol. The SMILES string of the molecule is Cc1cc(OCc2ccc(F)cc2F)c(Br)c(=O)n1C(C(=O)CO)c1ccc2c(c1)CCN2. The molecule has 1 aliphatic heterocycles. The van der Waals surface area contributed by atoms with Gasteiger partial charge >= 0.3 is 0 Å². The van der Waals surface area contributed by atoms with Gasteiger partial charge < -0.3 is 15.2 Å². The van der Waals surface area contributed by atoms with Crippen molar-refractivity contribution in [3.05, 3.63) is 91.3 Å². The van der Waals surface area contributed by atoms with Crippen molar-refractivity contribution in [2.75, 3.05) is 18.5 Å². The van der Waals surface area contributed by atoms with E-state index in [1.165, 1.54) is 10.6 Å². The Morgan fingerprint density at radius 3 is 2.76 bits per heavy atom. The number of rotatable bonds is 7. The summed E-state index contributed by atoms with van der Waals surface area (Å²) in [5.74, 6) is -1.82. The highest BCUT2D eigenvalue weighted by atomic mass is 79.9. The maximum absolute atomic E-state index is 13.9. The highest BCUT2D eigenvalue weighted by Gasteiger charge is 2.27. The standard InChI is InChI=1S/C24H21BrF2N2O4/c1-13-8-21(33-12-16-2-4-17(26)10-18(16)27)22(25)24(32)29(13)23(20(31)11-30)15-3-5-19-14(9-15)6-7-28-19/h2-5,8-10,23,28,30H,6-7,11-12H2,1H3. The molecule has 2 N–H and O–H groups in total. The van der Waals surface area contributed by atoms with Gasteiger partial charge in [0.05, 0.1) is 0 Å². The van der Waals surface area contributed by atoms with Gasteiger partial charge in [0.1, 0.15) is 41.1 Å². The Kier molecular flexibility index (Phi) is 6.62.